The minimum absolute atomic E-state index is 0.177. The normalized spacial score (nSPS) is 31.4. The lowest BCUT2D eigenvalue weighted by molar-refractivity contribution is 0.0635. The number of nitrogens with two attached hydrogens (primary N) is 1. The van der Waals surface area contributed by atoms with Gasteiger partial charge in [-0.3, -0.25) is 4.90 Å². The van der Waals surface area contributed by atoms with Gasteiger partial charge < -0.3 is 10.5 Å². The number of hydrogen-bond donors (Lipinski definition) is 1. The van der Waals surface area contributed by atoms with Crippen LogP contribution in [0, 0.1) is 0 Å². The zero-order chi connectivity index (χ0) is 10.7. The standard InChI is InChI=1S/C12H24N2O/c1-2-3-7-14(11-4-5-11)12(9-13)6-8-15-10-12/h11H,2-10,13H2,1H3. The van der Waals surface area contributed by atoms with Gasteiger partial charge in [-0.05, 0) is 32.2 Å². The highest BCUT2D eigenvalue weighted by Gasteiger charge is 2.45. The summed E-state index contributed by atoms with van der Waals surface area (Å²) in [5, 5.41) is 0. The quantitative estimate of drug-likeness (QED) is 0.722. The maximum Gasteiger partial charge on any atom is 0.0663 e. The van der Waals surface area contributed by atoms with Crippen LogP contribution in [0.1, 0.15) is 39.0 Å². The molecule has 1 atom stereocenters. The van der Waals surface area contributed by atoms with Gasteiger partial charge in [0.15, 0.2) is 0 Å². The fraction of sp³-hybridized carbons (Fsp3) is 1.00. The minimum Gasteiger partial charge on any atom is -0.379 e. The first-order valence-corrected chi connectivity index (χ1v) is 6.37. The van der Waals surface area contributed by atoms with E-state index in [9.17, 15) is 0 Å². The zero-order valence-electron chi connectivity index (χ0n) is 9.87. The van der Waals surface area contributed by atoms with Gasteiger partial charge in [0.1, 0.15) is 0 Å². The molecule has 0 spiro atoms. The first-order chi connectivity index (χ1) is 7.32. The van der Waals surface area contributed by atoms with Crippen molar-refractivity contribution in [1.82, 2.24) is 4.90 Å². The van der Waals surface area contributed by atoms with Crippen LogP contribution in [-0.4, -0.2) is 42.8 Å². The molecule has 88 valence electrons. The van der Waals surface area contributed by atoms with Gasteiger partial charge in [-0.15, -0.1) is 0 Å². The third-order valence-electron chi connectivity index (χ3n) is 3.81. The maximum atomic E-state index is 5.99. The highest BCUT2D eigenvalue weighted by atomic mass is 16.5. The SMILES string of the molecule is CCCCN(C1CC1)C1(CN)CCOC1. The molecule has 3 nitrogen and oxygen atoms in total. The summed E-state index contributed by atoms with van der Waals surface area (Å²) >= 11 is 0. The highest BCUT2D eigenvalue weighted by molar-refractivity contribution is 5.01. The van der Waals surface area contributed by atoms with Crippen LogP contribution in [0.4, 0.5) is 0 Å². The van der Waals surface area contributed by atoms with Crippen molar-refractivity contribution in [2.45, 2.75) is 50.6 Å². The average molecular weight is 212 g/mol. The van der Waals surface area contributed by atoms with Crippen molar-refractivity contribution >= 4 is 0 Å². The van der Waals surface area contributed by atoms with Crippen molar-refractivity contribution in [2.75, 3.05) is 26.3 Å². The van der Waals surface area contributed by atoms with Gasteiger partial charge >= 0.3 is 0 Å². The van der Waals surface area contributed by atoms with E-state index >= 15 is 0 Å². The molecular formula is C12H24N2O. The molecule has 0 aromatic rings. The van der Waals surface area contributed by atoms with Crippen LogP contribution in [0.15, 0.2) is 0 Å². The molecule has 1 aliphatic heterocycles. The van der Waals surface area contributed by atoms with Crippen molar-refractivity contribution in [3.05, 3.63) is 0 Å². The number of rotatable bonds is 6. The topological polar surface area (TPSA) is 38.5 Å². The van der Waals surface area contributed by atoms with E-state index < -0.39 is 0 Å². The van der Waals surface area contributed by atoms with E-state index in [1.807, 2.05) is 0 Å². The predicted octanol–water partition coefficient (Wildman–Crippen LogP) is 1.37. The summed E-state index contributed by atoms with van der Waals surface area (Å²) in [7, 11) is 0. The Balaban J connectivity index is 2.00. The van der Waals surface area contributed by atoms with Gasteiger partial charge in [-0.2, -0.15) is 0 Å². The summed E-state index contributed by atoms with van der Waals surface area (Å²) in [5.74, 6) is 0. The lowest BCUT2D eigenvalue weighted by Crippen LogP contribution is -2.55. The molecule has 1 unspecified atom stereocenters. The Morgan fingerprint density at radius 2 is 2.27 bits per heavy atom. The van der Waals surface area contributed by atoms with E-state index in [4.69, 9.17) is 10.5 Å². The van der Waals surface area contributed by atoms with E-state index in [0.717, 1.165) is 32.2 Å². The van der Waals surface area contributed by atoms with E-state index in [1.165, 1.54) is 32.2 Å². The van der Waals surface area contributed by atoms with Gasteiger partial charge in [0.2, 0.25) is 0 Å². The summed E-state index contributed by atoms with van der Waals surface area (Å²) in [5.41, 5.74) is 6.16. The van der Waals surface area contributed by atoms with Crippen molar-refractivity contribution < 1.29 is 4.74 Å². The minimum atomic E-state index is 0.177. The molecule has 0 radical (unpaired) electrons. The molecule has 1 heterocycles. The third-order valence-corrected chi connectivity index (χ3v) is 3.81. The highest BCUT2D eigenvalue weighted by Crippen LogP contribution is 2.36. The Hall–Kier alpha value is -0.120. The fourth-order valence-electron chi connectivity index (χ4n) is 2.62. The zero-order valence-corrected chi connectivity index (χ0v) is 9.87. The molecule has 1 saturated carbocycles. The molecule has 0 aromatic carbocycles. The molecule has 2 aliphatic rings. The number of unbranched alkanes of at least 4 members (excludes halogenated alkanes) is 1. The molecule has 0 aromatic heterocycles. The molecule has 15 heavy (non-hydrogen) atoms. The Labute approximate surface area is 93.0 Å². The smallest absolute Gasteiger partial charge is 0.0663 e. The van der Waals surface area contributed by atoms with Gasteiger partial charge in [-0.1, -0.05) is 13.3 Å². The molecule has 0 amide bonds. The van der Waals surface area contributed by atoms with Crippen molar-refractivity contribution in [2.24, 2.45) is 5.73 Å². The van der Waals surface area contributed by atoms with E-state index in [2.05, 4.69) is 11.8 Å². The van der Waals surface area contributed by atoms with Crippen LogP contribution in [0.5, 0.6) is 0 Å². The summed E-state index contributed by atoms with van der Waals surface area (Å²) in [6, 6.07) is 0.807. The first-order valence-electron chi connectivity index (χ1n) is 6.37. The summed E-state index contributed by atoms with van der Waals surface area (Å²) in [6.07, 6.45) is 6.42. The Morgan fingerprint density at radius 1 is 1.47 bits per heavy atom. The van der Waals surface area contributed by atoms with Crippen LogP contribution in [-0.2, 0) is 4.74 Å². The van der Waals surface area contributed by atoms with Gasteiger partial charge in [0.25, 0.3) is 0 Å². The van der Waals surface area contributed by atoms with Gasteiger partial charge in [0, 0.05) is 19.2 Å². The second kappa shape index (κ2) is 4.81. The van der Waals surface area contributed by atoms with Gasteiger partial charge in [0.05, 0.1) is 12.1 Å². The second-order valence-electron chi connectivity index (χ2n) is 5.01. The van der Waals surface area contributed by atoms with Crippen molar-refractivity contribution in [3.63, 3.8) is 0 Å². The largest absolute Gasteiger partial charge is 0.379 e. The molecule has 1 aliphatic carbocycles. The average Bonchev–Trinajstić information content (AvgIpc) is 2.97. The van der Waals surface area contributed by atoms with E-state index in [-0.39, 0.29) is 5.54 Å². The van der Waals surface area contributed by atoms with Crippen LogP contribution >= 0.6 is 0 Å². The number of ether oxygens (including phenoxy) is 1. The summed E-state index contributed by atoms with van der Waals surface area (Å²) in [6.45, 7) is 5.97. The molecule has 0 bridgehead atoms. The number of nitrogens with zero attached hydrogens (tertiary/aromatic N) is 1. The van der Waals surface area contributed by atoms with Crippen molar-refractivity contribution in [1.29, 1.82) is 0 Å². The van der Waals surface area contributed by atoms with Crippen LogP contribution in [0.2, 0.25) is 0 Å². The summed E-state index contributed by atoms with van der Waals surface area (Å²) in [4.78, 5) is 2.66. The maximum absolute atomic E-state index is 5.99. The lowest BCUT2D eigenvalue weighted by Gasteiger charge is -2.39. The van der Waals surface area contributed by atoms with Crippen LogP contribution in [0.3, 0.4) is 0 Å². The van der Waals surface area contributed by atoms with Crippen LogP contribution in [0.25, 0.3) is 0 Å². The molecule has 2 fully saturated rings. The lowest BCUT2D eigenvalue weighted by atomic mass is 9.95. The van der Waals surface area contributed by atoms with Crippen LogP contribution < -0.4 is 5.73 Å². The first kappa shape index (κ1) is 11.4. The molecule has 1 saturated heterocycles. The van der Waals surface area contributed by atoms with E-state index in [1.54, 1.807) is 0 Å². The Morgan fingerprint density at radius 3 is 2.73 bits per heavy atom. The Bertz CT molecular complexity index is 198. The molecule has 2 rings (SSSR count). The molecule has 3 heteroatoms. The summed E-state index contributed by atoms with van der Waals surface area (Å²) < 4.78 is 5.57. The second-order valence-corrected chi connectivity index (χ2v) is 5.01. The monoisotopic (exact) mass is 212 g/mol. The third kappa shape index (κ3) is 2.35. The van der Waals surface area contributed by atoms with Crippen molar-refractivity contribution in [3.8, 4) is 0 Å². The molecular weight excluding hydrogens is 188 g/mol. The van der Waals surface area contributed by atoms with E-state index in [0.29, 0.717) is 0 Å². The fourth-order valence-corrected chi connectivity index (χ4v) is 2.62. The predicted molar refractivity (Wildman–Crippen MR) is 61.9 cm³/mol. The Kier molecular flexibility index (Phi) is 3.65. The number of hydrogen-bond acceptors (Lipinski definition) is 3. The molecule has 2 N–H and O–H groups in total. The van der Waals surface area contributed by atoms with Gasteiger partial charge in [-0.25, -0.2) is 0 Å².